The standard InChI is InChI=1S/C16H22FN3O4S/c1-18-6-5-13(16(18)21)19-7-9-20(10-8-19)25(22,23)15-11-12(17)3-4-14(15)24-2/h3-4,11,13H,5-10H2,1-2H3. The summed E-state index contributed by atoms with van der Waals surface area (Å²) in [5.41, 5.74) is 0. The van der Waals surface area contributed by atoms with Crippen LogP contribution in [0.25, 0.3) is 0 Å². The van der Waals surface area contributed by atoms with Crippen molar-refractivity contribution in [1.82, 2.24) is 14.1 Å². The Hall–Kier alpha value is -1.71. The van der Waals surface area contributed by atoms with Gasteiger partial charge in [0.2, 0.25) is 15.9 Å². The zero-order valence-electron chi connectivity index (χ0n) is 14.3. The number of carbonyl (C=O) groups is 1. The van der Waals surface area contributed by atoms with E-state index in [1.165, 1.54) is 17.5 Å². The van der Waals surface area contributed by atoms with Gasteiger partial charge < -0.3 is 9.64 Å². The largest absolute Gasteiger partial charge is 0.495 e. The SMILES string of the molecule is COc1ccc(F)cc1S(=O)(=O)N1CCN(C2CCN(C)C2=O)CC1. The highest BCUT2D eigenvalue weighted by Gasteiger charge is 2.38. The van der Waals surface area contributed by atoms with Gasteiger partial charge in [0, 0.05) is 39.8 Å². The molecule has 1 aromatic rings. The third-order valence-electron chi connectivity index (χ3n) is 4.86. The summed E-state index contributed by atoms with van der Waals surface area (Å²) in [4.78, 5) is 15.7. The molecule has 2 saturated heterocycles. The van der Waals surface area contributed by atoms with Gasteiger partial charge in [-0.3, -0.25) is 9.69 Å². The number of methoxy groups -OCH3 is 1. The number of piperazine rings is 1. The molecule has 1 unspecified atom stereocenters. The van der Waals surface area contributed by atoms with Crippen LogP contribution in [0.4, 0.5) is 4.39 Å². The van der Waals surface area contributed by atoms with Crippen molar-refractivity contribution in [3.8, 4) is 5.75 Å². The van der Waals surface area contributed by atoms with E-state index in [2.05, 4.69) is 0 Å². The first-order valence-corrected chi connectivity index (χ1v) is 9.61. The molecule has 0 aromatic heterocycles. The van der Waals surface area contributed by atoms with Gasteiger partial charge >= 0.3 is 0 Å². The lowest BCUT2D eigenvalue weighted by molar-refractivity contribution is -0.131. The summed E-state index contributed by atoms with van der Waals surface area (Å²) >= 11 is 0. The second-order valence-corrected chi connectivity index (χ2v) is 8.21. The van der Waals surface area contributed by atoms with Crippen molar-refractivity contribution < 1.29 is 22.3 Å². The summed E-state index contributed by atoms with van der Waals surface area (Å²) in [6.07, 6.45) is 0.764. The van der Waals surface area contributed by atoms with Crippen LogP contribution in [0.2, 0.25) is 0 Å². The van der Waals surface area contributed by atoms with Crippen molar-refractivity contribution in [2.24, 2.45) is 0 Å². The molecule has 0 radical (unpaired) electrons. The van der Waals surface area contributed by atoms with Crippen LogP contribution in [0.3, 0.4) is 0 Å². The minimum absolute atomic E-state index is 0.0862. The Kier molecular flexibility index (Phi) is 4.99. The zero-order chi connectivity index (χ0) is 18.2. The van der Waals surface area contributed by atoms with Crippen LogP contribution in [-0.4, -0.2) is 81.4 Å². The number of hydrogen-bond donors (Lipinski definition) is 0. The number of halogens is 1. The highest BCUT2D eigenvalue weighted by molar-refractivity contribution is 7.89. The number of nitrogens with zero attached hydrogens (tertiary/aromatic N) is 3. The Morgan fingerprint density at radius 2 is 1.84 bits per heavy atom. The van der Waals surface area contributed by atoms with E-state index in [-0.39, 0.29) is 35.7 Å². The number of sulfonamides is 1. The van der Waals surface area contributed by atoms with Gasteiger partial charge in [0.05, 0.1) is 13.2 Å². The molecule has 2 fully saturated rings. The van der Waals surface area contributed by atoms with E-state index < -0.39 is 15.8 Å². The van der Waals surface area contributed by atoms with Gasteiger partial charge in [-0.15, -0.1) is 0 Å². The lowest BCUT2D eigenvalue weighted by atomic mass is 10.2. The van der Waals surface area contributed by atoms with E-state index in [1.54, 1.807) is 11.9 Å². The third-order valence-corrected chi connectivity index (χ3v) is 6.78. The fourth-order valence-electron chi connectivity index (χ4n) is 3.39. The molecule has 1 amide bonds. The molecule has 25 heavy (non-hydrogen) atoms. The van der Waals surface area contributed by atoms with Crippen molar-refractivity contribution in [3.63, 3.8) is 0 Å². The van der Waals surface area contributed by atoms with Crippen LogP contribution in [0.1, 0.15) is 6.42 Å². The summed E-state index contributed by atoms with van der Waals surface area (Å²) in [5.74, 6) is -0.419. The van der Waals surface area contributed by atoms with Crippen molar-refractivity contribution in [2.75, 3.05) is 46.9 Å². The molecule has 0 saturated carbocycles. The fraction of sp³-hybridized carbons (Fsp3) is 0.562. The first-order chi connectivity index (χ1) is 11.8. The average molecular weight is 371 g/mol. The van der Waals surface area contributed by atoms with E-state index in [1.807, 2.05) is 4.90 Å². The summed E-state index contributed by atoms with van der Waals surface area (Å²) in [5, 5.41) is 0. The second-order valence-electron chi connectivity index (χ2n) is 6.30. The number of hydrogen-bond acceptors (Lipinski definition) is 5. The highest BCUT2D eigenvalue weighted by atomic mass is 32.2. The molecule has 2 heterocycles. The quantitative estimate of drug-likeness (QED) is 0.765. The molecule has 0 bridgehead atoms. The molecule has 0 aliphatic carbocycles. The van der Waals surface area contributed by atoms with E-state index in [0.29, 0.717) is 13.1 Å². The summed E-state index contributed by atoms with van der Waals surface area (Å²) in [7, 11) is -0.722. The molecule has 3 rings (SSSR count). The summed E-state index contributed by atoms with van der Waals surface area (Å²) < 4.78 is 45.6. The van der Waals surface area contributed by atoms with E-state index >= 15 is 0 Å². The molecule has 2 aliphatic heterocycles. The molecule has 9 heteroatoms. The minimum Gasteiger partial charge on any atom is -0.495 e. The molecule has 7 nitrogen and oxygen atoms in total. The van der Waals surface area contributed by atoms with Gasteiger partial charge in [0.15, 0.2) is 0 Å². The average Bonchev–Trinajstić information content (AvgIpc) is 2.94. The van der Waals surface area contributed by atoms with Crippen LogP contribution in [0.15, 0.2) is 23.1 Å². The van der Waals surface area contributed by atoms with Crippen LogP contribution in [-0.2, 0) is 14.8 Å². The second kappa shape index (κ2) is 6.89. The van der Waals surface area contributed by atoms with Gasteiger partial charge in [0.1, 0.15) is 16.5 Å². The van der Waals surface area contributed by atoms with E-state index in [4.69, 9.17) is 4.74 Å². The maximum atomic E-state index is 13.5. The van der Waals surface area contributed by atoms with Crippen molar-refractivity contribution in [2.45, 2.75) is 17.4 Å². The molecule has 2 aliphatic rings. The Morgan fingerprint density at radius 1 is 1.16 bits per heavy atom. The van der Waals surface area contributed by atoms with Gasteiger partial charge in [-0.1, -0.05) is 0 Å². The number of ether oxygens (including phenoxy) is 1. The Balaban J connectivity index is 1.74. The molecule has 138 valence electrons. The maximum absolute atomic E-state index is 13.5. The van der Waals surface area contributed by atoms with Gasteiger partial charge in [0.25, 0.3) is 0 Å². The Bertz CT molecular complexity index is 763. The summed E-state index contributed by atoms with van der Waals surface area (Å²) in [6, 6.07) is 3.29. The highest BCUT2D eigenvalue weighted by Crippen LogP contribution is 2.28. The molecular formula is C16H22FN3O4S. The number of likely N-dealkylation sites (tertiary alicyclic amines) is 1. The monoisotopic (exact) mass is 371 g/mol. The Morgan fingerprint density at radius 3 is 2.40 bits per heavy atom. The number of rotatable bonds is 4. The lowest BCUT2D eigenvalue weighted by Gasteiger charge is -2.36. The third kappa shape index (κ3) is 3.36. The van der Waals surface area contributed by atoms with Crippen molar-refractivity contribution in [3.05, 3.63) is 24.0 Å². The lowest BCUT2D eigenvalue weighted by Crippen LogP contribution is -2.53. The first kappa shape index (κ1) is 18.1. The van der Waals surface area contributed by atoms with Crippen molar-refractivity contribution in [1.29, 1.82) is 0 Å². The minimum atomic E-state index is -3.85. The van der Waals surface area contributed by atoms with E-state index in [9.17, 15) is 17.6 Å². The molecule has 1 aromatic carbocycles. The smallest absolute Gasteiger partial charge is 0.246 e. The topological polar surface area (TPSA) is 70.2 Å². The molecular weight excluding hydrogens is 349 g/mol. The Labute approximate surface area is 147 Å². The van der Waals surface area contributed by atoms with Crippen molar-refractivity contribution >= 4 is 15.9 Å². The van der Waals surface area contributed by atoms with Crippen LogP contribution in [0, 0.1) is 5.82 Å². The number of benzene rings is 1. The number of carbonyl (C=O) groups excluding carboxylic acids is 1. The van der Waals surface area contributed by atoms with Crippen LogP contribution >= 0.6 is 0 Å². The predicted octanol–water partition coefficient (Wildman–Crippen LogP) is 0.371. The van der Waals surface area contributed by atoms with Gasteiger partial charge in [-0.25, -0.2) is 12.8 Å². The summed E-state index contributed by atoms with van der Waals surface area (Å²) in [6.45, 7) is 2.19. The van der Waals surface area contributed by atoms with Gasteiger partial charge in [-0.05, 0) is 24.6 Å². The molecule has 0 spiro atoms. The van der Waals surface area contributed by atoms with Gasteiger partial charge in [-0.2, -0.15) is 4.31 Å². The zero-order valence-corrected chi connectivity index (χ0v) is 15.1. The normalized spacial score (nSPS) is 23.2. The van der Waals surface area contributed by atoms with E-state index in [0.717, 1.165) is 25.1 Å². The van der Waals surface area contributed by atoms with Crippen LogP contribution in [0.5, 0.6) is 5.75 Å². The molecule has 1 atom stereocenters. The first-order valence-electron chi connectivity index (χ1n) is 8.17. The number of likely N-dealkylation sites (N-methyl/N-ethyl adjacent to an activating group) is 1. The van der Waals surface area contributed by atoms with Crippen LogP contribution < -0.4 is 4.74 Å². The number of amides is 1. The fourth-order valence-corrected chi connectivity index (χ4v) is 4.98. The molecule has 0 N–H and O–H groups in total. The maximum Gasteiger partial charge on any atom is 0.246 e. The predicted molar refractivity (Wildman–Crippen MR) is 89.3 cm³/mol.